The van der Waals surface area contributed by atoms with Gasteiger partial charge in [0.1, 0.15) is 11.5 Å². The highest BCUT2D eigenvalue weighted by molar-refractivity contribution is 6.32. The van der Waals surface area contributed by atoms with Crippen LogP contribution in [-0.2, 0) is 10.9 Å². The van der Waals surface area contributed by atoms with E-state index in [1.54, 1.807) is 0 Å². The molecule has 0 saturated carbocycles. The maximum Gasteiger partial charge on any atom is 0.416 e. The molecule has 2 aliphatic rings. The van der Waals surface area contributed by atoms with Gasteiger partial charge in [-0.05, 0) is 35.4 Å². The van der Waals surface area contributed by atoms with Gasteiger partial charge in [0.05, 0.1) is 29.2 Å². The lowest BCUT2D eigenvalue weighted by atomic mass is 9.97. The van der Waals surface area contributed by atoms with E-state index in [1.165, 1.54) is 6.07 Å². The summed E-state index contributed by atoms with van der Waals surface area (Å²) >= 11 is 5.98. The first kappa shape index (κ1) is 15.5. The molecule has 2 unspecified atom stereocenters. The Labute approximate surface area is 141 Å². The second kappa shape index (κ2) is 5.53. The number of halogens is 4. The van der Waals surface area contributed by atoms with Crippen LogP contribution in [0.3, 0.4) is 0 Å². The van der Waals surface area contributed by atoms with Gasteiger partial charge in [0, 0.05) is 0 Å². The van der Waals surface area contributed by atoms with E-state index >= 15 is 0 Å². The molecular formula is C18H12ClF3O2. The van der Waals surface area contributed by atoms with E-state index in [-0.39, 0.29) is 22.8 Å². The van der Waals surface area contributed by atoms with Crippen LogP contribution in [-0.4, -0.2) is 12.7 Å². The van der Waals surface area contributed by atoms with Crippen LogP contribution in [0.4, 0.5) is 13.2 Å². The Morgan fingerprint density at radius 3 is 2.54 bits per heavy atom. The summed E-state index contributed by atoms with van der Waals surface area (Å²) in [6, 6.07) is 10.9. The molecule has 2 nitrogen and oxygen atoms in total. The van der Waals surface area contributed by atoms with E-state index in [9.17, 15) is 13.2 Å². The Hall–Kier alpha value is -1.98. The van der Waals surface area contributed by atoms with Crippen LogP contribution in [0.5, 0.6) is 5.75 Å². The maximum atomic E-state index is 12.7. The number of epoxide rings is 1. The molecule has 0 bridgehead atoms. The Bertz CT molecular complexity index is 825. The van der Waals surface area contributed by atoms with Gasteiger partial charge in [0.15, 0.2) is 0 Å². The fourth-order valence-corrected chi connectivity index (χ4v) is 3.15. The molecule has 4 rings (SSSR count). The lowest BCUT2D eigenvalue weighted by Crippen LogP contribution is -2.11. The number of rotatable bonds is 3. The van der Waals surface area contributed by atoms with Crippen LogP contribution in [0.25, 0.3) is 6.08 Å². The van der Waals surface area contributed by atoms with Crippen LogP contribution in [0.2, 0.25) is 5.02 Å². The molecule has 0 aromatic heterocycles. The first-order valence-corrected chi connectivity index (χ1v) is 7.78. The molecule has 0 spiro atoms. The Morgan fingerprint density at radius 2 is 1.88 bits per heavy atom. The summed E-state index contributed by atoms with van der Waals surface area (Å²) in [5.41, 5.74) is 1.32. The zero-order valence-corrected chi connectivity index (χ0v) is 13.1. The van der Waals surface area contributed by atoms with Gasteiger partial charge in [-0.1, -0.05) is 35.9 Å². The van der Waals surface area contributed by atoms with Crippen molar-refractivity contribution in [1.29, 1.82) is 0 Å². The highest BCUT2D eigenvalue weighted by Crippen LogP contribution is 2.45. The summed E-state index contributed by atoms with van der Waals surface area (Å²) in [5.74, 6) is 0.786. The Kier molecular flexibility index (Phi) is 3.58. The predicted molar refractivity (Wildman–Crippen MR) is 84.0 cm³/mol. The van der Waals surface area contributed by atoms with Crippen molar-refractivity contribution < 1.29 is 22.6 Å². The van der Waals surface area contributed by atoms with Gasteiger partial charge in [-0.2, -0.15) is 13.2 Å². The summed E-state index contributed by atoms with van der Waals surface area (Å²) in [4.78, 5) is 0. The lowest BCUT2D eigenvalue weighted by Gasteiger charge is -2.17. The molecule has 2 aromatic rings. The fourth-order valence-electron chi connectivity index (χ4n) is 2.93. The van der Waals surface area contributed by atoms with E-state index in [2.05, 4.69) is 0 Å². The smallest absolute Gasteiger partial charge is 0.416 e. The van der Waals surface area contributed by atoms with Gasteiger partial charge in [-0.25, -0.2) is 0 Å². The van der Waals surface area contributed by atoms with Crippen molar-refractivity contribution >= 4 is 17.7 Å². The third-order valence-corrected chi connectivity index (χ3v) is 4.45. The zero-order valence-electron chi connectivity index (χ0n) is 12.3. The summed E-state index contributed by atoms with van der Waals surface area (Å²) in [6.07, 6.45) is -2.52. The largest absolute Gasteiger partial charge is 0.459 e. The molecule has 24 heavy (non-hydrogen) atoms. The SMILES string of the molecule is FC(F)(F)c1ccc(OC2=Cc3ccccc3C2C2CO2)c(Cl)c1. The minimum absolute atomic E-state index is 0.0353. The number of ether oxygens (including phenoxy) is 2. The second-order valence-electron chi connectivity index (χ2n) is 5.77. The van der Waals surface area contributed by atoms with Gasteiger partial charge in [0.2, 0.25) is 0 Å². The highest BCUT2D eigenvalue weighted by atomic mass is 35.5. The van der Waals surface area contributed by atoms with E-state index in [0.29, 0.717) is 12.4 Å². The van der Waals surface area contributed by atoms with Crippen molar-refractivity contribution in [2.24, 2.45) is 0 Å². The number of hydrogen-bond donors (Lipinski definition) is 0. The Morgan fingerprint density at radius 1 is 1.12 bits per heavy atom. The molecule has 1 aliphatic heterocycles. The van der Waals surface area contributed by atoms with Crippen molar-refractivity contribution in [3.63, 3.8) is 0 Å². The molecule has 0 radical (unpaired) electrons. The summed E-state index contributed by atoms with van der Waals surface area (Å²) in [5, 5.41) is -0.0721. The van der Waals surface area contributed by atoms with Crippen molar-refractivity contribution in [1.82, 2.24) is 0 Å². The molecular weight excluding hydrogens is 341 g/mol. The highest BCUT2D eigenvalue weighted by Gasteiger charge is 2.41. The average Bonchev–Trinajstić information content (AvgIpc) is 3.29. The summed E-state index contributed by atoms with van der Waals surface area (Å²) in [6.45, 7) is 0.639. The van der Waals surface area contributed by atoms with Crippen LogP contribution in [0.15, 0.2) is 48.2 Å². The maximum absolute atomic E-state index is 12.7. The number of benzene rings is 2. The third kappa shape index (κ3) is 2.78. The van der Waals surface area contributed by atoms with E-state index in [4.69, 9.17) is 21.1 Å². The number of hydrogen-bond acceptors (Lipinski definition) is 2. The van der Waals surface area contributed by atoms with Crippen molar-refractivity contribution in [2.45, 2.75) is 18.2 Å². The van der Waals surface area contributed by atoms with Crippen molar-refractivity contribution in [3.05, 3.63) is 69.9 Å². The molecule has 2 atom stereocenters. The standard InChI is InChI=1S/C18H12ClF3O2/c19-13-8-11(18(20,21)22)5-6-14(13)24-15-7-10-3-1-2-4-12(10)17(15)16-9-23-16/h1-8,16-17H,9H2. The first-order chi connectivity index (χ1) is 11.4. The average molecular weight is 353 g/mol. The predicted octanol–water partition coefficient (Wildman–Crippen LogP) is 5.27. The molecule has 1 saturated heterocycles. The summed E-state index contributed by atoms with van der Waals surface area (Å²) in [7, 11) is 0. The normalized spacial score (nSPS) is 22.1. The fraction of sp³-hybridized carbons (Fsp3) is 0.222. The van der Waals surface area contributed by atoms with E-state index in [0.717, 1.165) is 23.3 Å². The summed E-state index contributed by atoms with van der Waals surface area (Å²) < 4.78 is 49.5. The molecule has 2 aromatic carbocycles. The molecule has 124 valence electrons. The zero-order chi connectivity index (χ0) is 16.9. The lowest BCUT2D eigenvalue weighted by molar-refractivity contribution is -0.137. The van der Waals surface area contributed by atoms with Gasteiger partial charge in [-0.3, -0.25) is 0 Å². The minimum atomic E-state index is -4.44. The monoisotopic (exact) mass is 352 g/mol. The topological polar surface area (TPSA) is 21.8 Å². The van der Waals surface area contributed by atoms with Crippen molar-refractivity contribution in [3.8, 4) is 5.75 Å². The van der Waals surface area contributed by atoms with Crippen LogP contribution >= 0.6 is 11.6 Å². The molecule has 1 fully saturated rings. The van der Waals surface area contributed by atoms with Crippen LogP contribution in [0.1, 0.15) is 22.6 Å². The third-order valence-electron chi connectivity index (χ3n) is 4.15. The van der Waals surface area contributed by atoms with Gasteiger partial charge >= 0.3 is 6.18 Å². The minimum Gasteiger partial charge on any atom is -0.459 e. The van der Waals surface area contributed by atoms with Crippen LogP contribution < -0.4 is 4.74 Å². The van der Waals surface area contributed by atoms with Gasteiger partial charge in [0.25, 0.3) is 0 Å². The van der Waals surface area contributed by atoms with Gasteiger partial charge < -0.3 is 9.47 Å². The van der Waals surface area contributed by atoms with E-state index in [1.807, 2.05) is 30.3 Å². The number of fused-ring (bicyclic) bond motifs is 1. The van der Waals surface area contributed by atoms with E-state index < -0.39 is 11.7 Å². The van der Waals surface area contributed by atoms with Gasteiger partial charge in [-0.15, -0.1) is 0 Å². The second-order valence-corrected chi connectivity index (χ2v) is 6.18. The molecule has 0 amide bonds. The molecule has 6 heteroatoms. The Balaban J connectivity index is 1.64. The first-order valence-electron chi connectivity index (χ1n) is 7.40. The number of alkyl halides is 3. The molecule has 1 heterocycles. The van der Waals surface area contributed by atoms with Crippen LogP contribution in [0, 0.1) is 0 Å². The van der Waals surface area contributed by atoms with Crippen molar-refractivity contribution in [2.75, 3.05) is 6.61 Å². The quantitative estimate of drug-likeness (QED) is 0.701. The molecule has 1 aliphatic carbocycles. The molecule has 0 N–H and O–H groups in total.